The van der Waals surface area contributed by atoms with Gasteiger partial charge in [-0.2, -0.15) is 0 Å². The minimum absolute atomic E-state index is 0.485. The lowest BCUT2D eigenvalue weighted by Gasteiger charge is -2.11. The molecule has 0 radical (unpaired) electrons. The van der Waals surface area contributed by atoms with Gasteiger partial charge in [0.25, 0.3) is 0 Å². The summed E-state index contributed by atoms with van der Waals surface area (Å²) in [6.45, 7) is 7.37. The first-order chi connectivity index (χ1) is 9.08. The number of imidazole rings is 1. The van der Waals surface area contributed by atoms with E-state index in [9.17, 15) is 0 Å². The SMILES string of the molecule is Cc1nc2c(Cl)nc3ccccc3c2n1CC(C)C. The molecule has 0 atom stereocenters. The summed E-state index contributed by atoms with van der Waals surface area (Å²) in [6, 6.07) is 8.08. The Hall–Kier alpha value is -1.61. The van der Waals surface area contributed by atoms with Crippen LogP contribution in [0.15, 0.2) is 24.3 Å². The molecular weight excluding hydrogens is 258 g/mol. The molecule has 0 spiro atoms. The standard InChI is InChI=1S/C15H16ClN3/c1-9(2)8-19-10(3)17-13-14(19)11-6-4-5-7-12(11)18-15(13)16/h4-7,9H,8H2,1-3H3. The number of para-hydroxylation sites is 1. The lowest BCUT2D eigenvalue weighted by molar-refractivity contribution is 0.524. The van der Waals surface area contributed by atoms with Crippen LogP contribution in [0.3, 0.4) is 0 Å². The van der Waals surface area contributed by atoms with Crippen LogP contribution in [0.2, 0.25) is 5.15 Å². The predicted octanol–water partition coefficient (Wildman–Crippen LogP) is 4.20. The molecule has 0 unspecified atom stereocenters. The Labute approximate surface area is 117 Å². The molecule has 3 aromatic rings. The molecule has 0 fully saturated rings. The Balaban J connectivity index is 2.45. The summed E-state index contributed by atoms with van der Waals surface area (Å²) in [7, 11) is 0. The van der Waals surface area contributed by atoms with E-state index >= 15 is 0 Å². The van der Waals surface area contributed by atoms with Crippen molar-refractivity contribution in [2.45, 2.75) is 27.3 Å². The van der Waals surface area contributed by atoms with Gasteiger partial charge in [-0.15, -0.1) is 0 Å². The number of rotatable bonds is 2. The molecule has 0 saturated heterocycles. The fourth-order valence-corrected chi connectivity index (χ4v) is 2.72. The number of pyridine rings is 1. The van der Waals surface area contributed by atoms with E-state index in [-0.39, 0.29) is 0 Å². The highest BCUT2D eigenvalue weighted by atomic mass is 35.5. The molecule has 0 saturated carbocycles. The van der Waals surface area contributed by atoms with Gasteiger partial charge in [0.05, 0.1) is 11.0 Å². The molecular formula is C15H16ClN3. The molecule has 3 nitrogen and oxygen atoms in total. The number of halogens is 1. The van der Waals surface area contributed by atoms with Crippen LogP contribution in [-0.2, 0) is 6.54 Å². The van der Waals surface area contributed by atoms with Crippen LogP contribution in [0.1, 0.15) is 19.7 Å². The molecule has 98 valence electrons. The number of aromatic nitrogens is 3. The average molecular weight is 274 g/mol. The van der Waals surface area contributed by atoms with Crippen molar-refractivity contribution in [3.63, 3.8) is 0 Å². The lowest BCUT2D eigenvalue weighted by atomic mass is 10.1. The molecule has 0 aliphatic heterocycles. The first kappa shape index (κ1) is 12.4. The Kier molecular flexibility index (Phi) is 2.94. The van der Waals surface area contributed by atoms with E-state index in [1.165, 1.54) is 0 Å². The van der Waals surface area contributed by atoms with E-state index in [1.54, 1.807) is 0 Å². The van der Waals surface area contributed by atoms with Crippen molar-refractivity contribution >= 4 is 33.5 Å². The van der Waals surface area contributed by atoms with E-state index in [2.05, 4.69) is 34.4 Å². The quantitative estimate of drug-likeness (QED) is 0.655. The third kappa shape index (κ3) is 1.98. The van der Waals surface area contributed by atoms with Gasteiger partial charge in [-0.05, 0) is 18.9 Å². The van der Waals surface area contributed by atoms with E-state index in [4.69, 9.17) is 11.6 Å². The lowest BCUT2D eigenvalue weighted by Crippen LogP contribution is -2.06. The maximum atomic E-state index is 6.27. The van der Waals surface area contributed by atoms with Gasteiger partial charge in [0.1, 0.15) is 11.3 Å². The zero-order valence-corrected chi connectivity index (χ0v) is 12.1. The minimum Gasteiger partial charge on any atom is -0.327 e. The van der Waals surface area contributed by atoms with Crippen molar-refractivity contribution in [1.82, 2.24) is 14.5 Å². The highest BCUT2D eigenvalue weighted by Crippen LogP contribution is 2.30. The Bertz CT molecular complexity index is 759. The van der Waals surface area contributed by atoms with Crippen LogP contribution in [0, 0.1) is 12.8 Å². The zero-order valence-electron chi connectivity index (χ0n) is 11.3. The van der Waals surface area contributed by atoms with E-state index in [0.717, 1.165) is 34.3 Å². The number of fused-ring (bicyclic) bond motifs is 3. The molecule has 19 heavy (non-hydrogen) atoms. The van der Waals surface area contributed by atoms with Gasteiger partial charge >= 0.3 is 0 Å². The summed E-state index contributed by atoms with van der Waals surface area (Å²) >= 11 is 6.27. The van der Waals surface area contributed by atoms with Crippen molar-refractivity contribution in [2.75, 3.05) is 0 Å². The second-order valence-corrected chi connectivity index (χ2v) is 5.64. The first-order valence-electron chi connectivity index (χ1n) is 6.49. The van der Waals surface area contributed by atoms with Crippen molar-refractivity contribution in [3.05, 3.63) is 35.2 Å². The Morgan fingerprint density at radius 3 is 2.68 bits per heavy atom. The highest BCUT2D eigenvalue weighted by molar-refractivity contribution is 6.35. The number of aryl methyl sites for hydroxylation is 1. The van der Waals surface area contributed by atoms with Crippen LogP contribution < -0.4 is 0 Å². The second kappa shape index (κ2) is 4.49. The molecule has 0 aliphatic carbocycles. The van der Waals surface area contributed by atoms with Crippen molar-refractivity contribution < 1.29 is 0 Å². The number of benzene rings is 1. The number of hydrogen-bond donors (Lipinski definition) is 0. The Morgan fingerprint density at radius 2 is 1.95 bits per heavy atom. The minimum atomic E-state index is 0.485. The smallest absolute Gasteiger partial charge is 0.157 e. The summed E-state index contributed by atoms with van der Waals surface area (Å²) in [5, 5.41) is 1.60. The fourth-order valence-electron chi connectivity index (χ4n) is 2.50. The monoisotopic (exact) mass is 273 g/mol. The van der Waals surface area contributed by atoms with Gasteiger partial charge in [-0.3, -0.25) is 0 Å². The van der Waals surface area contributed by atoms with Crippen LogP contribution in [-0.4, -0.2) is 14.5 Å². The summed E-state index contributed by atoms with van der Waals surface area (Å²) in [5.74, 6) is 1.55. The van der Waals surface area contributed by atoms with Gasteiger partial charge in [0.15, 0.2) is 5.15 Å². The molecule has 4 heteroatoms. The molecule has 0 amide bonds. The third-order valence-corrected chi connectivity index (χ3v) is 3.54. The van der Waals surface area contributed by atoms with Crippen LogP contribution >= 0.6 is 11.6 Å². The molecule has 1 aromatic carbocycles. The van der Waals surface area contributed by atoms with Crippen molar-refractivity contribution in [2.24, 2.45) is 5.92 Å². The van der Waals surface area contributed by atoms with Crippen molar-refractivity contribution in [1.29, 1.82) is 0 Å². The Morgan fingerprint density at radius 1 is 1.21 bits per heavy atom. The van der Waals surface area contributed by atoms with E-state index in [0.29, 0.717) is 11.1 Å². The zero-order chi connectivity index (χ0) is 13.6. The third-order valence-electron chi connectivity index (χ3n) is 3.28. The summed E-state index contributed by atoms with van der Waals surface area (Å²) in [6.07, 6.45) is 0. The second-order valence-electron chi connectivity index (χ2n) is 5.28. The van der Waals surface area contributed by atoms with E-state index in [1.807, 2.05) is 25.1 Å². The van der Waals surface area contributed by atoms with Crippen LogP contribution in [0.4, 0.5) is 0 Å². The van der Waals surface area contributed by atoms with Gasteiger partial charge in [-0.1, -0.05) is 43.6 Å². The van der Waals surface area contributed by atoms with Gasteiger partial charge in [-0.25, -0.2) is 9.97 Å². The molecule has 2 heterocycles. The predicted molar refractivity (Wildman–Crippen MR) is 79.6 cm³/mol. The number of nitrogens with zero attached hydrogens (tertiary/aromatic N) is 3. The summed E-state index contributed by atoms with van der Waals surface area (Å²) in [4.78, 5) is 9.01. The fraction of sp³-hybridized carbons (Fsp3) is 0.333. The normalized spacial score (nSPS) is 11.8. The average Bonchev–Trinajstić information content (AvgIpc) is 2.68. The van der Waals surface area contributed by atoms with Gasteiger partial charge in [0.2, 0.25) is 0 Å². The summed E-state index contributed by atoms with van der Waals surface area (Å²) < 4.78 is 2.25. The van der Waals surface area contributed by atoms with Crippen LogP contribution in [0.25, 0.3) is 21.9 Å². The van der Waals surface area contributed by atoms with Gasteiger partial charge in [0, 0.05) is 11.9 Å². The molecule has 0 aliphatic rings. The van der Waals surface area contributed by atoms with Crippen molar-refractivity contribution in [3.8, 4) is 0 Å². The van der Waals surface area contributed by atoms with Crippen LogP contribution in [0.5, 0.6) is 0 Å². The molecule has 0 bridgehead atoms. The maximum absolute atomic E-state index is 6.27. The molecule has 2 aromatic heterocycles. The molecule has 0 N–H and O–H groups in total. The first-order valence-corrected chi connectivity index (χ1v) is 6.87. The topological polar surface area (TPSA) is 30.7 Å². The van der Waals surface area contributed by atoms with E-state index < -0.39 is 0 Å². The highest BCUT2D eigenvalue weighted by Gasteiger charge is 2.15. The van der Waals surface area contributed by atoms with Gasteiger partial charge < -0.3 is 4.57 Å². The largest absolute Gasteiger partial charge is 0.327 e. The number of hydrogen-bond acceptors (Lipinski definition) is 2. The molecule has 3 rings (SSSR count). The maximum Gasteiger partial charge on any atom is 0.157 e. The summed E-state index contributed by atoms with van der Waals surface area (Å²) in [5.41, 5.74) is 2.82.